The fourth-order valence-corrected chi connectivity index (χ4v) is 2.90. The highest BCUT2D eigenvalue weighted by Gasteiger charge is 2.47. The first-order valence-electron chi connectivity index (χ1n) is 7.14. The van der Waals surface area contributed by atoms with Crippen molar-refractivity contribution in [3.63, 3.8) is 0 Å². The van der Waals surface area contributed by atoms with E-state index in [0.717, 1.165) is 23.3 Å². The first-order valence-corrected chi connectivity index (χ1v) is 7.14. The molecule has 106 valence electrons. The van der Waals surface area contributed by atoms with E-state index in [2.05, 4.69) is 23.2 Å². The summed E-state index contributed by atoms with van der Waals surface area (Å²) in [5.41, 5.74) is 14.2. The van der Waals surface area contributed by atoms with E-state index in [0.29, 0.717) is 5.82 Å². The molecule has 3 aliphatic rings. The molecule has 4 nitrogen and oxygen atoms in total. The van der Waals surface area contributed by atoms with Gasteiger partial charge >= 0.3 is 0 Å². The summed E-state index contributed by atoms with van der Waals surface area (Å²) >= 11 is 0. The van der Waals surface area contributed by atoms with Crippen LogP contribution >= 0.6 is 0 Å². The Labute approximate surface area is 123 Å². The molecule has 1 saturated carbocycles. The van der Waals surface area contributed by atoms with Crippen molar-refractivity contribution in [3.8, 4) is 0 Å². The van der Waals surface area contributed by atoms with Crippen LogP contribution in [0, 0.1) is 0 Å². The van der Waals surface area contributed by atoms with Gasteiger partial charge in [0.05, 0.1) is 11.8 Å². The molecule has 4 N–H and O–H groups in total. The number of nitrogens with zero attached hydrogens (tertiary/aromatic N) is 1. The number of fused-ring (bicyclic) bond motifs is 1. The van der Waals surface area contributed by atoms with Crippen LogP contribution in [-0.4, -0.2) is 17.1 Å². The van der Waals surface area contributed by atoms with Gasteiger partial charge in [-0.3, -0.25) is 0 Å². The molecule has 0 spiro atoms. The lowest BCUT2D eigenvalue weighted by Gasteiger charge is -2.35. The summed E-state index contributed by atoms with van der Waals surface area (Å²) in [5, 5.41) is 0. The van der Waals surface area contributed by atoms with Crippen LogP contribution in [0.2, 0.25) is 0 Å². The van der Waals surface area contributed by atoms with Gasteiger partial charge in [0.25, 0.3) is 0 Å². The zero-order chi connectivity index (χ0) is 14.4. The topological polar surface area (TPSA) is 74.2 Å². The summed E-state index contributed by atoms with van der Waals surface area (Å²) in [5.74, 6) is 0.492. The molecule has 21 heavy (non-hydrogen) atoms. The van der Waals surface area contributed by atoms with Crippen LogP contribution in [-0.2, 0) is 10.3 Å². The van der Waals surface area contributed by atoms with Gasteiger partial charge in [-0.05, 0) is 30.2 Å². The third kappa shape index (κ3) is 1.95. The molecule has 0 radical (unpaired) electrons. The Morgan fingerprint density at radius 1 is 1.24 bits per heavy atom. The summed E-state index contributed by atoms with van der Waals surface area (Å²) in [4.78, 5) is 4.50. The first-order chi connectivity index (χ1) is 10.2. The van der Waals surface area contributed by atoms with Crippen LogP contribution in [0.15, 0.2) is 65.8 Å². The Bertz CT molecular complexity index is 717. The second-order valence-electron chi connectivity index (χ2n) is 5.66. The second kappa shape index (κ2) is 4.41. The molecule has 1 aromatic rings. The van der Waals surface area contributed by atoms with Gasteiger partial charge < -0.3 is 16.2 Å². The molecule has 1 heterocycles. The quantitative estimate of drug-likeness (QED) is 0.887. The van der Waals surface area contributed by atoms with Gasteiger partial charge in [0.2, 0.25) is 0 Å². The zero-order valence-electron chi connectivity index (χ0n) is 11.6. The van der Waals surface area contributed by atoms with Gasteiger partial charge in [-0.15, -0.1) is 0 Å². The van der Waals surface area contributed by atoms with Crippen LogP contribution in [0.5, 0.6) is 0 Å². The molecule has 1 aromatic heterocycles. The third-order valence-corrected chi connectivity index (χ3v) is 4.12. The number of aromatic nitrogens is 1. The molecule has 4 heteroatoms. The Balaban J connectivity index is 1.83. The molecule has 4 rings (SSSR count). The molecular formula is C17H17N3O. The van der Waals surface area contributed by atoms with Crippen molar-refractivity contribution in [1.82, 2.24) is 4.98 Å². The molecule has 3 atom stereocenters. The van der Waals surface area contributed by atoms with E-state index in [-0.39, 0.29) is 12.1 Å². The van der Waals surface area contributed by atoms with E-state index in [4.69, 9.17) is 16.2 Å². The van der Waals surface area contributed by atoms with Gasteiger partial charge in [0.15, 0.2) is 5.60 Å². The number of hydrogen-bond donors (Lipinski definition) is 2. The van der Waals surface area contributed by atoms with Crippen LogP contribution in [0.1, 0.15) is 12.1 Å². The lowest BCUT2D eigenvalue weighted by molar-refractivity contribution is -0.00111. The van der Waals surface area contributed by atoms with E-state index in [1.54, 1.807) is 6.07 Å². The number of nitrogen functional groups attached to an aromatic ring is 1. The Morgan fingerprint density at radius 3 is 2.86 bits per heavy atom. The molecule has 3 unspecified atom stereocenters. The molecule has 0 saturated heterocycles. The number of allylic oxidation sites excluding steroid dienone is 5. The highest BCUT2D eigenvalue weighted by Crippen LogP contribution is 2.46. The lowest BCUT2D eigenvalue weighted by Crippen LogP contribution is -2.35. The van der Waals surface area contributed by atoms with Crippen molar-refractivity contribution in [2.45, 2.75) is 24.2 Å². The SMILES string of the molecule is Nc1cccc(C2(OC3CC3N)C=CC=C3C=CC=C32)n1. The van der Waals surface area contributed by atoms with Gasteiger partial charge in [0.1, 0.15) is 5.82 Å². The molecule has 1 fully saturated rings. The van der Waals surface area contributed by atoms with E-state index in [1.807, 2.05) is 30.4 Å². The number of pyridine rings is 1. The van der Waals surface area contributed by atoms with Crippen molar-refractivity contribution >= 4 is 5.82 Å². The monoisotopic (exact) mass is 279 g/mol. The summed E-state index contributed by atoms with van der Waals surface area (Å²) < 4.78 is 6.38. The number of anilines is 1. The van der Waals surface area contributed by atoms with Crippen molar-refractivity contribution in [2.75, 3.05) is 5.73 Å². The Morgan fingerprint density at radius 2 is 2.10 bits per heavy atom. The highest BCUT2D eigenvalue weighted by atomic mass is 16.5. The summed E-state index contributed by atoms with van der Waals surface area (Å²) in [6.07, 6.45) is 13.3. The minimum absolute atomic E-state index is 0.0683. The van der Waals surface area contributed by atoms with Crippen molar-refractivity contribution in [1.29, 1.82) is 0 Å². The van der Waals surface area contributed by atoms with Crippen LogP contribution < -0.4 is 11.5 Å². The molecule has 0 amide bonds. The number of nitrogens with two attached hydrogens (primary N) is 2. The molecule has 3 aliphatic carbocycles. The minimum Gasteiger partial charge on any atom is -0.384 e. The van der Waals surface area contributed by atoms with Crippen molar-refractivity contribution in [3.05, 3.63) is 71.5 Å². The maximum Gasteiger partial charge on any atom is 0.155 e. The van der Waals surface area contributed by atoms with E-state index < -0.39 is 5.60 Å². The predicted octanol–water partition coefficient (Wildman–Crippen LogP) is 1.97. The Hall–Kier alpha value is -2.17. The minimum atomic E-state index is -0.693. The van der Waals surface area contributed by atoms with Crippen LogP contribution in [0.4, 0.5) is 5.82 Å². The van der Waals surface area contributed by atoms with Crippen LogP contribution in [0.25, 0.3) is 0 Å². The normalized spacial score (nSPS) is 32.6. The highest BCUT2D eigenvalue weighted by molar-refractivity contribution is 5.61. The van der Waals surface area contributed by atoms with Gasteiger partial charge in [-0.25, -0.2) is 4.98 Å². The van der Waals surface area contributed by atoms with Crippen LogP contribution in [0.3, 0.4) is 0 Å². The largest absolute Gasteiger partial charge is 0.384 e. The Kier molecular flexibility index (Phi) is 2.64. The lowest BCUT2D eigenvalue weighted by atomic mass is 9.82. The summed E-state index contributed by atoms with van der Waals surface area (Å²) in [6.45, 7) is 0. The van der Waals surface area contributed by atoms with E-state index >= 15 is 0 Å². The van der Waals surface area contributed by atoms with E-state index in [1.165, 1.54) is 0 Å². The zero-order valence-corrected chi connectivity index (χ0v) is 11.6. The molecule has 0 bridgehead atoms. The third-order valence-electron chi connectivity index (χ3n) is 4.12. The van der Waals surface area contributed by atoms with Crippen molar-refractivity contribution in [2.24, 2.45) is 5.73 Å². The molecular weight excluding hydrogens is 262 g/mol. The maximum atomic E-state index is 6.38. The summed E-state index contributed by atoms with van der Waals surface area (Å²) in [6, 6.07) is 5.76. The van der Waals surface area contributed by atoms with Gasteiger partial charge in [-0.2, -0.15) is 0 Å². The van der Waals surface area contributed by atoms with Crippen molar-refractivity contribution < 1.29 is 4.74 Å². The number of ether oxygens (including phenoxy) is 1. The fraction of sp³-hybridized carbons (Fsp3) is 0.235. The predicted molar refractivity (Wildman–Crippen MR) is 82.2 cm³/mol. The average molecular weight is 279 g/mol. The number of hydrogen-bond acceptors (Lipinski definition) is 4. The molecule has 0 aliphatic heterocycles. The fourth-order valence-electron chi connectivity index (χ4n) is 2.90. The van der Waals surface area contributed by atoms with Gasteiger partial charge in [0, 0.05) is 11.6 Å². The average Bonchev–Trinajstić information content (AvgIpc) is 2.98. The smallest absolute Gasteiger partial charge is 0.155 e. The number of rotatable bonds is 3. The van der Waals surface area contributed by atoms with Gasteiger partial charge in [-0.1, -0.05) is 36.4 Å². The standard InChI is InChI=1S/C17H17N3O/c18-13-10-14(13)21-17(15-7-2-8-16(19)20-15)9-3-5-11-4-1-6-12(11)17/h1-9,13-14H,10,18H2,(H2,19,20). The van der Waals surface area contributed by atoms with E-state index in [9.17, 15) is 0 Å². The maximum absolute atomic E-state index is 6.38. The molecule has 0 aromatic carbocycles. The first kappa shape index (κ1) is 12.6. The summed E-state index contributed by atoms with van der Waals surface area (Å²) in [7, 11) is 0. The second-order valence-corrected chi connectivity index (χ2v) is 5.66.